The lowest BCUT2D eigenvalue weighted by molar-refractivity contribution is 0.0945. The van der Waals surface area contributed by atoms with Crippen LogP contribution in [0.4, 0.5) is 0 Å². The maximum absolute atomic E-state index is 12.3. The van der Waals surface area contributed by atoms with E-state index in [1.165, 1.54) is 0 Å². The van der Waals surface area contributed by atoms with Gasteiger partial charge in [-0.3, -0.25) is 4.79 Å². The SMILES string of the molecule is O=C(NCCc1c[nH]c2ccc(Cl)cc12)c1cc(-c2ccc(Cl)cc2)on1. The number of carbonyl (C=O) groups excluding carboxylic acids is 1. The van der Waals surface area contributed by atoms with Crippen molar-refractivity contribution in [1.29, 1.82) is 0 Å². The number of fused-ring (bicyclic) bond motifs is 1. The van der Waals surface area contributed by atoms with Crippen LogP contribution in [0, 0.1) is 0 Å². The summed E-state index contributed by atoms with van der Waals surface area (Å²) in [5.41, 5.74) is 3.16. The van der Waals surface area contributed by atoms with Gasteiger partial charge >= 0.3 is 0 Å². The molecule has 4 aromatic rings. The number of H-pyrrole nitrogens is 1. The lowest BCUT2D eigenvalue weighted by Crippen LogP contribution is -2.25. The molecule has 1 amide bonds. The zero-order valence-electron chi connectivity index (χ0n) is 14.1. The van der Waals surface area contributed by atoms with E-state index in [-0.39, 0.29) is 11.6 Å². The minimum absolute atomic E-state index is 0.238. The number of hydrogen-bond acceptors (Lipinski definition) is 3. The lowest BCUT2D eigenvalue weighted by atomic mass is 10.1. The molecule has 0 unspecified atom stereocenters. The van der Waals surface area contributed by atoms with Gasteiger partial charge in [-0.15, -0.1) is 0 Å². The van der Waals surface area contributed by atoms with Crippen molar-refractivity contribution in [2.75, 3.05) is 6.54 Å². The van der Waals surface area contributed by atoms with Crippen molar-refractivity contribution in [2.24, 2.45) is 0 Å². The van der Waals surface area contributed by atoms with Gasteiger partial charge in [0.05, 0.1) is 0 Å². The summed E-state index contributed by atoms with van der Waals surface area (Å²) in [6.45, 7) is 0.474. The van der Waals surface area contributed by atoms with Crippen molar-refractivity contribution in [1.82, 2.24) is 15.5 Å². The number of aromatic amines is 1. The van der Waals surface area contributed by atoms with Gasteiger partial charge < -0.3 is 14.8 Å². The van der Waals surface area contributed by atoms with Gasteiger partial charge in [0, 0.05) is 45.3 Å². The molecule has 0 aliphatic rings. The first-order valence-corrected chi connectivity index (χ1v) is 9.12. The molecule has 0 fully saturated rings. The molecule has 5 nitrogen and oxygen atoms in total. The number of carbonyl (C=O) groups is 1. The van der Waals surface area contributed by atoms with Crippen molar-refractivity contribution < 1.29 is 9.32 Å². The maximum atomic E-state index is 12.3. The fourth-order valence-corrected chi connectivity index (χ4v) is 3.19. The van der Waals surface area contributed by atoms with Crippen LogP contribution in [0.5, 0.6) is 0 Å². The van der Waals surface area contributed by atoms with Crippen LogP contribution in [0.1, 0.15) is 16.1 Å². The quantitative estimate of drug-likeness (QED) is 0.490. The number of benzene rings is 2. The molecule has 2 aromatic heterocycles. The van der Waals surface area contributed by atoms with Gasteiger partial charge in [0.2, 0.25) is 0 Å². The Morgan fingerprint density at radius 2 is 1.85 bits per heavy atom. The second kappa shape index (κ2) is 7.47. The molecule has 0 saturated heterocycles. The highest BCUT2D eigenvalue weighted by Gasteiger charge is 2.14. The minimum Gasteiger partial charge on any atom is -0.361 e. The molecule has 136 valence electrons. The molecule has 0 atom stereocenters. The van der Waals surface area contributed by atoms with Gasteiger partial charge in [-0.25, -0.2) is 0 Å². The second-order valence-electron chi connectivity index (χ2n) is 6.09. The summed E-state index contributed by atoms with van der Waals surface area (Å²) >= 11 is 11.9. The molecule has 0 aliphatic carbocycles. The van der Waals surface area contributed by atoms with Crippen LogP contribution in [0.15, 0.2) is 59.3 Å². The first-order valence-electron chi connectivity index (χ1n) is 8.36. The molecule has 0 radical (unpaired) electrons. The Balaban J connectivity index is 1.39. The van der Waals surface area contributed by atoms with E-state index in [1.807, 2.05) is 36.5 Å². The summed E-state index contributed by atoms with van der Waals surface area (Å²) in [7, 11) is 0. The Kier molecular flexibility index (Phi) is 4.88. The average molecular weight is 400 g/mol. The number of amides is 1. The lowest BCUT2D eigenvalue weighted by Gasteiger charge is -2.02. The molecule has 0 spiro atoms. The molecular formula is C20H15Cl2N3O2. The Bertz CT molecular complexity index is 1100. The van der Waals surface area contributed by atoms with E-state index in [2.05, 4.69) is 15.5 Å². The van der Waals surface area contributed by atoms with Gasteiger partial charge in [-0.05, 0) is 54.4 Å². The van der Waals surface area contributed by atoms with Crippen LogP contribution in [-0.4, -0.2) is 22.6 Å². The van der Waals surface area contributed by atoms with Gasteiger partial charge in [-0.2, -0.15) is 0 Å². The third-order valence-electron chi connectivity index (χ3n) is 4.28. The highest BCUT2D eigenvalue weighted by molar-refractivity contribution is 6.31. The van der Waals surface area contributed by atoms with E-state index in [0.717, 1.165) is 22.0 Å². The van der Waals surface area contributed by atoms with E-state index in [1.54, 1.807) is 18.2 Å². The zero-order chi connectivity index (χ0) is 18.8. The highest BCUT2D eigenvalue weighted by atomic mass is 35.5. The van der Waals surface area contributed by atoms with Gasteiger partial charge in [0.15, 0.2) is 11.5 Å². The molecule has 2 heterocycles. The summed E-state index contributed by atoms with van der Waals surface area (Å²) < 4.78 is 5.26. The number of rotatable bonds is 5. The fraction of sp³-hybridized carbons (Fsp3) is 0.100. The maximum Gasteiger partial charge on any atom is 0.273 e. The molecule has 27 heavy (non-hydrogen) atoms. The first kappa shape index (κ1) is 17.6. The van der Waals surface area contributed by atoms with E-state index >= 15 is 0 Å². The number of hydrogen-bond donors (Lipinski definition) is 2. The monoisotopic (exact) mass is 399 g/mol. The Labute approximate surface area is 165 Å². The largest absolute Gasteiger partial charge is 0.361 e. The minimum atomic E-state index is -0.281. The molecule has 0 aliphatic heterocycles. The summed E-state index contributed by atoms with van der Waals surface area (Å²) in [5, 5.41) is 9.09. The Morgan fingerprint density at radius 3 is 2.67 bits per heavy atom. The van der Waals surface area contributed by atoms with Crippen LogP contribution in [0.2, 0.25) is 10.0 Å². The summed E-state index contributed by atoms with van der Waals surface area (Å²) in [5.74, 6) is 0.236. The normalized spacial score (nSPS) is 11.0. The number of aromatic nitrogens is 2. The van der Waals surface area contributed by atoms with Crippen LogP contribution >= 0.6 is 23.2 Å². The van der Waals surface area contributed by atoms with Crippen molar-refractivity contribution in [3.8, 4) is 11.3 Å². The molecule has 4 rings (SSSR count). The smallest absolute Gasteiger partial charge is 0.273 e. The first-order chi connectivity index (χ1) is 13.1. The van der Waals surface area contributed by atoms with E-state index in [0.29, 0.717) is 28.8 Å². The summed E-state index contributed by atoms with van der Waals surface area (Å²) in [6, 6.07) is 14.4. The van der Waals surface area contributed by atoms with Gasteiger partial charge in [0.25, 0.3) is 5.91 Å². The molecule has 2 N–H and O–H groups in total. The van der Waals surface area contributed by atoms with Crippen LogP contribution in [-0.2, 0) is 6.42 Å². The summed E-state index contributed by atoms with van der Waals surface area (Å²) in [4.78, 5) is 15.5. The standard InChI is InChI=1S/C20H15Cl2N3O2/c21-14-3-1-12(2-4-14)19-10-18(25-27-19)20(26)23-8-7-13-11-24-17-6-5-15(22)9-16(13)17/h1-6,9-11,24H,7-8H2,(H,23,26). The molecular weight excluding hydrogens is 385 g/mol. The van der Waals surface area contributed by atoms with Gasteiger partial charge in [0.1, 0.15) is 0 Å². The third kappa shape index (κ3) is 3.84. The molecule has 7 heteroatoms. The Hall–Kier alpha value is -2.76. The van der Waals surface area contributed by atoms with E-state index in [4.69, 9.17) is 27.7 Å². The predicted molar refractivity (Wildman–Crippen MR) is 106 cm³/mol. The molecule has 0 saturated carbocycles. The van der Waals surface area contributed by atoms with Crippen molar-refractivity contribution in [3.05, 3.63) is 76.0 Å². The van der Waals surface area contributed by atoms with Crippen LogP contribution < -0.4 is 5.32 Å². The Morgan fingerprint density at radius 1 is 1.07 bits per heavy atom. The fourth-order valence-electron chi connectivity index (χ4n) is 2.89. The third-order valence-corrected chi connectivity index (χ3v) is 4.77. The van der Waals surface area contributed by atoms with Crippen molar-refractivity contribution in [3.63, 3.8) is 0 Å². The van der Waals surface area contributed by atoms with Gasteiger partial charge in [-0.1, -0.05) is 28.4 Å². The van der Waals surface area contributed by atoms with E-state index in [9.17, 15) is 4.79 Å². The van der Waals surface area contributed by atoms with Crippen molar-refractivity contribution in [2.45, 2.75) is 6.42 Å². The summed E-state index contributed by atoms with van der Waals surface area (Å²) in [6.07, 6.45) is 2.61. The van der Waals surface area contributed by atoms with E-state index < -0.39 is 0 Å². The number of halogens is 2. The average Bonchev–Trinajstić information content (AvgIpc) is 3.30. The molecule has 2 aromatic carbocycles. The topological polar surface area (TPSA) is 70.9 Å². The number of nitrogens with zero attached hydrogens (tertiary/aromatic N) is 1. The van der Waals surface area contributed by atoms with Crippen LogP contribution in [0.25, 0.3) is 22.2 Å². The second-order valence-corrected chi connectivity index (χ2v) is 6.97. The zero-order valence-corrected chi connectivity index (χ0v) is 15.6. The predicted octanol–water partition coefficient (Wildman–Crippen LogP) is 5.10. The van der Waals surface area contributed by atoms with Crippen LogP contribution in [0.3, 0.4) is 0 Å². The number of nitrogens with one attached hydrogen (secondary N) is 2. The van der Waals surface area contributed by atoms with Crippen molar-refractivity contribution >= 4 is 40.0 Å². The highest BCUT2D eigenvalue weighted by Crippen LogP contribution is 2.23. The molecule has 0 bridgehead atoms.